The van der Waals surface area contributed by atoms with Crippen molar-refractivity contribution >= 4 is 0 Å². The SMILES string of the molecule is CC1=C(/C=C/C(C)=C/C=C/C2(C)OC2CO)C(C)(C)CCC1. The van der Waals surface area contributed by atoms with E-state index in [1.807, 2.05) is 19.1 Å². The van der Waals surface area contributed by atoms with E-state index in [2.05, 4.69) is 45.9 Å². The van der Waals surface area contributed by atoms with Crippen LogP contribution in [-0.4, -0.2) is 23.4 Å². The third-order valence-corrected chi connectivity index (χ3v) is 4.99. The van der Waals surface area contributed by atoms with Crippen molar-refractivity contribution in [2.24, 2.45) is 5.41 Å². The van der Waals surface area contributed by atoms with Gasteiger partial charge in [-0.05, 0) is 51.0 Å². The van der Waals surface area contributed by atoms with Gasteiger partial charge >= 0.3 is 0 Å². The molecule has 0 aromatic heterocycles. The predicted octanol–water partition coefficient (Wildman–Crippen LogP) is 4.72. The highest BCUT2D eigenvalue weighted by Crippen LogP contribution is 2.41. The number of allylic oxidation sites excluding steroid dienone is 7. The third kappa shape index (κ3) is 3.99. The van der Waals surface area contributed by atoms with Crippen LogP contribution in [0, 0.1) is 5.41 Å². The van der Waals surface area contributed by atoms with Gasteiger partial charge in [0.2, 0.25) is 0 Å². The van der Waals surface area contributed by atoms with Crippen LogP contribution in [-0.2, 0) is 4.74 Å². The Morgan fingerprint density at radius 2 is 2.09 bits per heavy atom. The average molecular weight is 302 g/mol. The molecule has 1 saturated heterocycles. The van der Waals surface area contributed by atoms with Crippen LogP contribution in [0.4, 0.5) is 0 Å². The molecule has 0 saturated carbocycles. The number of hydrogen-bond donors (Lipinski definition) is 1. The first-order valence-electron chi connectivity index (χ1n) is 8.31. The minimum Gasteiger partial charge on any atom is -0.394 e. The monoisotopic (exact) mass is 302 g/mol. The van der Waals surface area contributed by atoms with Gasteiger partial charge in [0.1, 0.15) is 11.7 Å². The molecule has 22 heavy (non-hydrogen) atoms. The fourth-order valence-electron chi connectivity index (χ4n) is 3.31. The van der Waals surface area contributed by atoms with Crippen LogP contribution in [0.5, 0.6) is 0 Å². The molecule has 2 unspecified atom stereocenters. The lowest BCUT2D eigenvalue weighted by molar-refractivity contribution is 0.240. The summed E-state index contributed by atoms with van der Waals surface area (Å²) in [5.41, 5.74) is 4.26. The van der Waals surface area contributed by atoms with Crippen LogP contribution in [0.15, 0.2) is 47.1 Å². The Bertz CT molecular complexity index is 534. The second kappa shape index (κ2) is 6.55. The first-order valence-corrected chi connectivity index (χ1v) is 8.31. The minimum atomic E-state index is -0.278. The van der Waals surface area contributed by atoms with Gasteiger partial charge in [0.25, 0.3) is 0 Å². The van der Waals surface area contributed by atoms with Gasteiger partial charge in [0, 0.05) is 0 Å². The molecule has 0 aromatic rings. The second-order valence-corrected chi connectivity index (χ2v) is 7.51. The van der Waals surface area contributed by atoms with Gasteiger partial charge in [-0.15, -0.1) is 0 Å². The van der Waals surface area contributed by atoms with E-state index in [1.165, 1.54) is 36.0 Å². The minimum absolute atomic E-state index is 0.0381. The molecule has 0 bridgehead atoms. The maximum absolute atomic E-state index is 9.06. The molecule has 2 nitrogen and oxygen atoms in total. The van der Waals surface area contributed by atoms with E-state index < -0.39 is 0 Å². The molecule has 1 aliphatic heterocycles. The molecule has 122 valence electrons. The zero-order valence-electron chi connectivity index (χ0n) is 14.6. The second-order valence-electron chi connectivity index (χ2n) is 7.51. The Kier molecular flexibility index (Phi) is 5.14. The van der Waals surface area contributed by atoms with Crippen molar-refractivity contribution in [3.63, 3.8) is 0 Å². The van der Waals surface area contributed by atoms with E-state index >= 15 is 0 Å². The highest BCUT2D eigenvalue weighted by molar-refractivity contribution is 5.36. The topological polar surface area (TPSA) is 32.8 Å². The van der Waals surface area contributed by atoms with Crippen molar-refractivity contribution in [1.29, 1.82) is 0 Å². The summed E-state index contributed by atoms with van der Waals surface area (Å²) in [5, 5.41) is 9.06. The van der Waals surface area contributed by atoms with Crippen LogP contribution in [0.25, 0.3) is 0 Å². The summed E-state index contributed by atoms with van der Waals surface area (Å²) in [7, 11) is 0. The van der Waals surface area contributed by atoms with Gasteiger partial charge in [-0.1, -0.05) is 55.4 Å². The van der Waals surface area contributed by atoms with E-state index in [0.717, 1.165) is 0 Å². The quantitative estimate of drug-likeness (QED) is 0.588. The van der Waals surface area contributed by atoms with Gasteiger partial charge in [0.05, 0.1) is 6.61 Å². The van der Waals surface area contributed by atoms with Gasteiger partial charge in [-0.25, -0.2) is 0 Å². The molecule has 2 rings (SSSR count). The predicted molar refractivity (Wildman–Crippen MR) is 92.7 cm³/mol. The lowest BCUT2D eigenvalue weighted by Crippen LogP contribution is -2.19. The molecule has 1 N–H and O–H groups in total. The number of epoxide rings is 1. The number of hydrogen-bond acceptors (Lipinski definition) is 2. The van der Waals surface area contributed by atoms with Crippen molar-refractivity contribution < 1.29 is 9.84 Å². The van der Waals surface area contributed by atoms with Crippen LogP contribution in [0.3, 0.4) is 0 Å². The standard InChI is InChI=1S/C20H30O2/c1-15(8-6-13-20(5)18(14-21)22-20)10-11-17-16(2)9-7-12-19(17,3)4/h6,8,10-11,13,18,21H,7,9,12,14H2,1-5H3/b11-10+,13-6+,15-8+. The highest BCUT2D eigenvalue weighted by Gasteiger charge is 2.49. The van der Waals surface area contributed by atoms with Gasteiger partial charge < -0.3 is 9.84 Å². The van der Waals surface area contributed by atoms with Crippen LogP contribution < -0.4 is 0 Å². The normalized spacial score (nSPS) is 32.3. The van der Waals surface area contributed by atoms with E-state index in [9.17, 15) is 0 Å². The molecule has 0 aromatic carbocycles. The lowest BCUT2D eigenvalue weighted by atomic mass is 9.72. The van der Waals surface area contributed by atoms with Crippen molar-refractivity contribution in [1.82, 2.24) is 0 Å². The maximum Gasteiger partial charge on any atom is 0.114 e. The van der Waals surface area contributed by atoms with E-state index in [4.69, 9.17) is 9.84 Å². The van der Waals surface area contributed by atoms with E-state index in [-0.39, 0.29) is 18.3 Å². The Morgan fingerprint density at radius 3 is 2.68 bits per heavy atom. The molecule has 0 amide bonds. The molecule has 2 heteroatoms. The highest BCUT2D eigenvalue weighted by atomic mass is 16.6. The fraction of sp³-hybridized carbons (Fsp3) is 0.600. The molecular formula is C20H30O2. The van der Waals surface area contributed by atoms with Crippen molar-refractivity contribution in [2.75, 3.05) is 6.61 Å². The number of ether oxygens (including phenoxy) is 1. The maximum atomic E-state index is 9.06. The molecule has 1 aliphatic carbocycles. The molecule has 1 heterocycles. The van der Waals surface area contributed by atoms with Gasteiger partial charge in [-0.3, -0.25) is 0 Å². The van der Waals surface area contributed by atoms with Gasteiger partial charge in [-0.2, -0.15) is 0 Å². The Hall–Kier alpha value is -1.12. The summed E-state index contributed by atoms with van der Waals surface area (Å²) in [4.78, 5) is 0. The fourth-order valence-corrected chi connectivity index (χ4v) is 3.31. The third-order valence-electron chi connectivity index (χ3n) is 4.99. The summed E-state index contributed by atoms with van der Waals surface area (Å²) in [6, 6.07) is 0. The number of aliphatic hydroxyl groups is 1. The molecular weight excluding hydrogens is 272 g/mol. The van der Waals surface area contributed by atoms with Gasteiger partial charge in [0.15, 0.2) is 0 Å². The van der Waals surface area contributed by atoms with Crippen molar-refractivity contribution in [3.05, 3.63) is 47.1 Å². The van der Waals surface area contributed by atoms with Crippen molar-refractivity contribution in [3.8, 4) is 0 Å². The van der Waals surface area contributed by atoms with Crippen LogP contribution in [0.1, 0.15) is 53.9 Å². The smallest absolute Gasteiger partial charge is 0.114 e. The van der Waals surface area contributed by atoms with Crippen molar-refractivity contribution in [2.45, 2.75) is 65.6 Å². The Morgan fingerprint density at radius 1 is 1.36 bits per heavy atom. The largest absolute Gasteiger partial charge is 0.394 e. The summed E-state index contributed by atoms with van der Waals surface area (Å²) in [6.07, 6.45) is 14.4. The number of aliphatic hydroxyl groups excluding tert-OH is 1. The van der Waals surface area contributed by atoms with E-state index in [1.54, 1.807) is 0 Å². The lowest BCUT2D eigenvalue weighted by Gasteiger charge is -2.32. The molecule has 1 fully saturated rings. The Balaban J connectivity index is 2.01. The number of rotatable bonds is 5. The summed E-state index contributed by atoms with van der Waals surface area (Å²) in [5.74, 6) is 0. The summed E-state index contributed by atoms with van der Waals surface area (Å²) >= 11 is 0. The zero-order valence-corrected chi connectivity index (χ0v) is 14.6. The molecule has 2 atom stereocenters. The van der Waals surface area contributed by atoms with E-state index in [0.29, 0.717) is 5.41 Å². The first-order chi connectivity index (χ1) is 10.3. The van der Waals surface area contributed by atoms with Crippen LogP contribution in [0.2, 0.25) is 0 Å². The summed E-state index contributed by atoms with van der Waals surface area (Å²) in [6.45, 7) is 11.2. The summed E-state index contributed by atoms with van der Waals surface area (Å²) < 4.78 is 5.44. The first kappa shape index (κ1) is 17.2. The molecule has 0 radical (unpaired) electrons. The molecule has 0 spiro atoms. The average Bonchev–Trinajstić information content (AvgIpc) is 3.08. The molecule has 2 aliphatic rings. The zero-order chi connectivity index (χ0) is 16.4. The Labute approximate surface area is 135 Å². The van der Waals surface area contributed by atoms with Crippen LogP contribution >= 0.6 is 0 Å².